The normalized spacial score (nSPS) is 23.0. The van der Waals surface area contributed by atoms with Crippen LogP contribution in [0.3, 0.4) is 0 Å². The Labute approximate surface area is 257 Å². The van der Waals surface area contributed by atoms with Crippen molar-refractivity contribution in [2.24, 2.45) is 5.92 Å². The molecular formula is C42H30N2. The summed E-state index contributed by atoms with van der Waals surface area (Å²) in [5, 5.41) is 12.1. The van der Waals surface area contributed by atoms with Gasteiger partial charge in [0.05, 0.1) is 17.0 Å². The predicted octanol–water partition coefficient (Wildman–Crippen LogP) is 10.1. The van der Waals surface area contributed by atoms with Crippen molar-refractivity contribution in [1.29, 1.82) is 5.26 Å². The minimum atomic E-state index is -0.0858. The molecule has 0 bridgehead atoms. The van der Waals surface area contributed by atoms with Gasteiger partial charge in [-0.15, -0.1) is 0 Å². The molecule has 0 aliphatic heterocycles. The molecule has 4 atom stereocenters. The summed E-state index contributed by atoms with van der Waals surface area (Å²) < 4.78 is 0. The minimum Gasteiger partial charge on any atom is -0.338 e. The second-order valence-corrected chi connectivity index (χ2v) is 13.1. The van der Waals surface area contributed by atoms with Crippen molar-refractivity contribution in [2.45, 2.75) is 36.6 Å². The van der Waals surface area contributed by atoms with Crippen LogP contribution >= 0.6 is 0 Å². The lowest BCUT2D eigenvalue weighted by molar-refractivity contribution is 0.243. The average Bonchev–Trinajstić information content (AvgIpc) is 3.68. The van der Waals surface area contributed by atoms with Crippen LogP contribution < -0.4 is 4.90 Å². The monoisotopic (exact) mass is 562 g/mol. The van der Waals surface area contributed by atoms with Crippen LogP contribution in [0.5, 0.6) is 0 Å². The number of hydrogen-bond donors (Lipinski definition) is 0. The predicted molar refractivity (Wildman–Crippen MR) is 178 cm³/mol. The number of nitrogens with zero attached hydrogens (tertiary/aromatic N) is 2. The standard InChI is InChI=1S/C42H30N2/c43-25-26-15-18-29(19-16-26)44(30-20-17-27-7-1-2-8-28(27)23-30)31-21-22-33-35-11-6-13-37-36-12-5-10-34-32-9-3-4-14-38(32)42(40(34)36,41(35)37)39(33)24-31/h1-20,23,31,33,39H,21-22,24H2. The molecule has 4 aliphatic rings. The van der Waals surface area contributed by atoms with Crippen molar-refractivity contribution in [3.05, 3.63) is 155 Å². The summed E-state index contributed by atoms with van der Waals surface area (Å²) in [6, 6.07) is 49.8. The highest BCUT2D eigenvalue weighted by atomic mass is 15.2. The summed E-state index contributed by atoms with van der Waals surface area (Å²) in [5.41, 5.74) is 15.0. The van der Waals surface area contributed by atoms with Gasteiger partial charge in [0.2, 0.25) is 0 Å². The lowest BCUT2D eigenvalue weighted by atomic mass is 9.63. The fourth-order valence-electron chi connectivity index (χ4n) is 9.82. The van der Waals surface area contributed by atoms with Gasteiger partial charge < -0.3 is 4.90 Å². The van der Waals surface area contributed by atoms with Crippen molar-refractivity contribution >= 4 is 22.1 Å². The number of nitriles is 1. The van der Waals surface area contributed by atoms with Gasteiger partial charge in [-0.2, -0.15) is 5.26 Å². The second kappa shape index (κ2) is 8.71. The molecule has 2 nitrogen and oxygen atoms in total. The summed E-state index contributed by atoms with van der Waals surface area (Å²) in [6.45, 7) is 0. The van der Waals surface area contributed by atoms with Gasteiger partial charge in [-0.05, 0) is 123 Å². The molecule has 4 unspecified atom stereocenters. The van der Waals surface area contributed by atoms with Crippen LogP contribution in [0.4, 0.5) is 11.4 Å². The quantitative estimate of drug-likeness (QED) is 0.215. The molecule has 1 fully saturated rings. The largest absolute Gasteiger partial charge is 0.338 e. The first-order valence-corrected chi connectivity index (χ1v) is 15.9. The molecule has 0 radical (unpaired) electrons. The Morgan fingerprint density at radius 3 is 2.14 bits per heavy atom. The Bertz CT molecular complexity index is 2200. The highest BCUT2D eigenvalue weighted by molar-refractivity contribution is 5.98. The summed E-state index contributed by atoms with van der Waals surface area (Å²) >= 11 is 0. The van der Waals surface area contributed by atoms with Crippen molar-refractivity contribution in [3.8, 4) is 28.3 Å². The van der Waals surface area contributed by atoms with E-state index in [0.717, 1.165) is 18.5 Å². The van der Waals surface area contributed by atoms with E-state index in [1.807, 2.05) is 12.1 Å². The number of benzene rings is 6. The molecule has 10 rings (SSSR count). The number of fused-ring (bicyclic) bond motifs is 6. The molecule has 4 aliphatic carbocycles. The van der Waals surface area contributed by atoms with Crippen molar-refractivity contribution in [1.82, 2.24) is 0 Å². The molecule has 0 saturated heterocycles. The van der Waals surface area contributed by atoms with E-state index in [0.29, 0.717) is 23.4 Å². The minimum absolute atomic E-state index is 0.0858. The van der Waals surface area contributed by atoms with Gasteiger partial charge in [-0.3, -0.25) is 0 Å². The van der Waals surface area contributed by atoms with E-state index in [9.17, 15) is 5.26 Å². The van der Waals surface area contributed by atoms with Gasteiger partial charge >= 0.3 is 0 Å². The maximum absolute atomic E-state index is 9.56. The Balaban J connectivity index is 1.17. The van der Waals surface area contributed by atoms with Gasteiger partial charge in [0, 0.05) is 17.4 Å². The number of anilines is 2. The third-order valence-corrected chi connectivity index (χ3v) is 11.3. The summed E-state index contributed by atoms with van der Waals surface area (Å²) in [6.07, 6.45) is 3.41. The average molecular weight is 563 g/mol. The van der Waals surface area contributed by atoms with Gasteiger partial charge in [-0.25, -0.2) is 0 Å². The first-order valence-electron chi connectivity index (χ1n) is 15.9. The van der Waals surface area contributed by atoms with E-state index in [1.165, 1.54) is 50.7 Å². The highest BCUT2D eigenvalue weighted by Gasteiger charge is 2.63. The number of rotatable bonds is 3. The first kappa shape index (κ1) is 24.3. The molecule has 0 aromatic heterocycles. The third kappa shape index (κ3) is 2.95. The summed E-state index contributed by atoms with van der Waals surface area (Å²) in [4.78, 5) is 2.59. The lowest BCUT2D eigenvalue weighted by Crippen LogP contribution is -2.43. The zero-order valence-corrected chi connectivity index (χ0v) is 24.4. The van der Waals surface area contributed by atoms with E-state index >= 15 is 0 Å². The maximum atomic E-state index is 9.56. The fourth-order valence-corrected chi connectivity index (χ4v) is 9.82. The van der Waals surface area contributed by atoms with Gasteiger partial charge in [0.15, 0.2) is 0 Å². The SMILES string of the molecule is N#Cc1ccc(N(c2ccc3ccccc3c2)C2CCC3c4cccc5c4C4(c6ccccc6-c6cccc-5c64)C3C2)cc1. The lowest BCUT2D eigenvalue weighted by Gasteiger charge is -2.45. The smallest absolute Gasteiger partial charge is 0.0991 e. The Hall–Kier alpha value is -5.13. The van der Waals surface area contributed by atoms with Gasteiger partial charge in [0.25, 0.3) is 0 Å². The molecule has 0 N–H and O–H groups in total. The third-order valence-electron chi connectivity index (χ3n) is 11.3. The molecular weight excluding hydrogens is 532 g/mol. The molecule has 208 valence electrons. The molecule has 2 heteroatoms. The Morgan fingerprint density at radius 2 is 1.30 bits per heavy atom. The molecule has 0 amide bonds. The molecule has 6 aromatic rings. The van der Waals surface area contributed by atoms with Crippen molar-refractivity contribution in [3.63, 3.8) is 0 Å². The summed E-state index contributed by atoms with van der Waals surface area (Å²) in [5.74, 6) is 1.03. The van der Waals surface area contributed by atoms with Crippen LogP contribution in [0.2, 0.25) is 0 Å². The van der Waals surface area contributed by atoms with E-state index in [-0.39, 0.29) is 5.41 Å². The zero-order valence-electron chi connectivity index (χ0n) is 24.4. The van der Waals surface area contributed by atoms with Crippen LogP contribution in [-0.2, 0) is 5.41 Å². The van der Waals surface area contributed by atoms with Crippen LogP contribution in [-0.4, -0.2) is 6.04 Å². The van der Waals surface area contributed by atoms with Crippen molar-refractivity contribution in [2.75, 3.05) is 4.90 Å². The number of hydrogen-bond acceptors (Lipinski definition) is 2. The van der Waals surface area contributed by atoms with E-state index in [2.05, 4.69) is 126 Å². The van der Waals surface area contributed by atoms with Gasteiger partial charge in [-0.1, -0.05) is 91.0 Å². The van der Waals surface area contributed by atoms with Crippen LogP contribution in [0, 0.1) is 17.2 Å². The Kier molecular flexibility index (Phi) is 4.82. The van der Waals surface area contributed by atoms with Crippen molar-refractivity contribution < 1.29 is 0 Å². The molecule has 1 saturated carbocycles. The van der Waals surface area contributed by atoms with Crippen LogP contribution in [0.1, 0.15) is 53.0 Å². The maximum Gasteiger partial charge on any atom is 0.0991 e. The highest BCUT2D eigenvalue weighted by Crippen LogP contribution is 2.73. The Morgan fingerprint density at radius 1 is 0.614 bits per heavy atom. The topological polar surface area (TPSA) is 27.0 Å². The van der Waals surface area contributed by atoms with E-state index in [4.69, 9.17) is 0 Å². The fraction of sp³-hybridized carbons (Fsp3) is 0.167. The molecule has 6 aromatic carbocycles. The van der Waals surface area contributed by atoms with E-state index < -0.39 is 0 Å². The molecule has 1 spiro atoms. The summed E-state index contributed by atoms with van der Waals surface area (Å²) in [7, 11) is 0. The molecule has 44 heavy (non-hydrogen) atoms. The molecule has 0 heterocycles. The first-order chi connectivity index (χ1) is 21.8. The zero-order chi connectivity index (χ0) is 29.0. The van der Waals surface area contributed by atoms with Gasteiger partial charge in [0.1, 0.15) is 0 Å². The van der Waals surface area contributed by atoms with E-state index in [1.54, 1.807) is 16.7 Å². The van der Waals surface area contributed by atoms with Crippen LogP contribution in [0.15, 0.2) is 127 Å². The second-order valence-electron chi connectivity index (χ2n) is 13.1. The van der Waals surface area contributed by atoms with Crippen LogP contribution in [0.25, 0.3) is 33.0 Å².